The molecule has 0 aliphatic heterocycles. The van der Waals surface area contributed by atoms with Crippen molar-refractivity contribution in [2.24, 2.45) is 0 Å². The first-order valence-electron chi connectivity index (χ1n) is 5.17. The number of aromatic nitrogens is 1. The van der Waals surface area contributed by atoms with Crippen LogP contribution in [-0.2, 0) is 6.42 Å². The van der Waals surface area contributed by atoms with Gasteiger partial charge in [-0.3, -0.25) is 0 Å². The molecule has 0 fully saturated rings. The smallest absolute Gasteiger partial charge is 0.187 e. The lowest BCUT2D eigenvalue weighted by atomic mass is 10.3. The molecule has 0 aliphatic rings. The average molecular weight is 234 g/mol. The van der Waals surface area contributed by atoms with Crippen LogP contribution in [0.1, 0.15) is 12.6 Å². The average Bonchev–Trinajstić information content (AvgIpc) is 2.78. The highest BCUT2D eigenvalue weighted by molar-refractivity contribution is 7.13. The molecule has 0 unspecified atom stereocenters. The first-order chi connectivity index (χ1) is 7.81. The maximum absolute atomic E-state index is 5.10. The van der Waals surface area contributed by atoms with Crippen LogP contribution in [0.2, 0.25) is 0 Å². The molecule has 4 heteroatoms. The van der Waals surface area contributed by atoms with Crippen molar-refractivity contribution in [3.63, 3.8) is 0 Å². The minimum Gasteiger partial charge on any atom is -0.497 e. The summed E-state index contributed by atoms with van der Waals surface area (Å²) in [6.45, 7) is 2.10. The number of benzene rings is 1. The zero-order valence-corrected chi connectivity index (χ0v) is 10.2. The third-order valence-electron chi connectivity index (χ3n) is 2.26. The van der Waals surface area contributed by atoms with Crippen LogP contribution in [0.3, 0.4) is 0 Å². The van der Waals surface area contributed by atoms with Crippen LogP contribution in [0.4, 0.5) is 10.8 Å². The predicted molar refractivity (Wildman–Crippen MR) is 67.8 cm³/mol. The van der Waals surface area contributed by atoms with E-state index in [1.165, 1.54) is 0 Å². The lowest BCUT2D eigenvalue weighted by molar-refractivity contribution is 0.415. The second-order valence-electron chi connectivity index (χ2n) is 3.35. The fourth-order valence-corrected chi connectivity index (χ4v) is 2.14. The van der Waals surface area contributed by atoms with Crippen LogP contribution >= 0.6 is 11.3 Å². The van der Waals surface area contributed by atoms with Gasteiger partial charge >= 0.3 is 0 Å². The van der Waals surface area contributed by atoms with Crippen molar-refractivity contribution in [3.8, 4) is 5.75 Å². The number of thiazole rings is 1. The molecular formula is C12H14N2OS. The highest BCUT2D eigenvalue weighted by atomic mass is 32.1. The van der Waals surface area contributed by atoms with Crippen molar-refractivity contribution in [2.75, 3.05) is 12.4 Å². The Labute approximate surface area is 99.1 Å². The van der Waals surface area contributed by atoms with Gasteiger partial charge in [-0.05, 0) is 30.7 Å². The lowest BCUT2D eigenvalue weighted by Gasteiger charge is -2.03. The van der Waals surface area contributed by atoms with Gasteiger partial charge in [0.15, 0.2) is 5.13 Å². The molecule has 0 atom stereocenters. The maximum atomic E-state index is 5.10. The number of nitrogens with one attached hydrogen (secondary N) is 1. The Kier molecular flexibility index (Phi) is 3.41. The third-order valence-corrected chi connectivity index (χ3v) is 3.06. The molecule has 1 heterocycles. The summed E-state index contributed by atoms with van der Waals surface area (Å²) < 4.78 is 5.10. The van der Waals surface area contributed by atoms with E-state index in [1.807, 2.05) is 24.3 Å². The molecule has 84 valence electrons. The summed E-state index contributed by atoms with van der Waals surface area (Å²) in [6.07, 6.45) is 0.973. The Morgan fingerprint density at radius 3 is 2.62 bits per heavy atom. The molecule has 3 nitrogen and oxygen atoms in total. The summed E-state index contributed by atoms with van der Waals surface area (Å²) in [5, 5.41) is 6.27. The summed E-state index contributed by atoms with van der Waals surface area (Å²) in [6, 6.07) is 7.81. The van der Waals surface area contributed by atoms with Crippen LogP contribution in [0.5, 0.6) is 5.75 Å². The molecule has 0 bridgehead atoms. The molecule has 0 spiro atoms. The molecule has 2 rings (SSSR count). The number of ether oxygens (including phenoxy) is 1. The topological polar surface area (TPSA) is 34.1 Å². The Morgan fingerprint density at radius 2 is 2.06 bits per heavy atom. The minimum absolute atomic E-state index is 0.860. The van der Waals surface area contributed by atoms with Gasteiger partial charge in [-0.1, -0.05) is 6.92 Å². The Balaban J connectivity index is 2.08. The monoisotopic (exact) mass is 234 g/mol. The second kappa shape index (κ2) is 4.99. The largest absolute Gasteiger partial charge is 0.497 e. The van der Waals surface area contributed by atoms with Crippen LogP contribution in [0, 0.1) is 0 Å². The Morgan fingerprint density at radius 1 is 1.31 bits per heavy atom. The highest BCUT2D eigenvalue weighted by Crippen LogP contribution is 2.22. The standard InChI is InChI=1S/C12H14N2OS/c1-3-9-8-16-12(13-9)14-10-4-6-11(15-2)7-5-10/h4-8H,3H2,1-2H3,(H,13,14). The lowest BCUT2D eigenvalue weighted by Crippen LogP contribution is -1.90. The molecule has 0 amide bonds. The molecule has 1 aromatic heterocycles. The Bertz CT molecular complexity index is 450. The summed E-state index contributed by atoms with van der Waals surface area (Å²) in [5.74, 6) is 0.860. The van der Waals surface area contributed by atoms with E-state index in [9.17, 15) is 0 Å². The van der Waals surface area contributed by atoms with E-state index in [0.29, 0.717) is 0 Å². The molecule has 0 radical (unpaired) electrons. The molecule has 0 aliphatic carbocycles. The number of anilines is 2. The van der Waals surface area contributed by atoms with E-state index >= 15 is 0 Å². The molecular weight excluding hydrogens is 220 g/mol. The third kappa shape index (κ3) is 2.52. The van der Waals surface area contributed by atoms with E-state index in [4.69, 9.17) is 4.74 Å². The van der Waals surface area contributed by atoms with Crippen molar-refractivity contribution in [3.05, 3.63) is 35.3 Å². The molecule has 1 aromatic carbocycles. The predicted octanol–water partition coefficient (Wildman–Crippen LogP) is 3.46. The van der Waals surface area contributed by atoms with E-state index in [0.717, 1.165) is 28.7 Å². The van der Waals surface area contributed by atoms with Crippen LogP contribution in [-0.4, -0.2) is 12.1 Å². The fourth-order valence-electron chi connectivity index (χ4n) is 1.32. The van der Waals surface area contributed by atoms with Crippen molar-refractivity contribution in [1.29, 1.82) is 0 Å². The number of nitrogens with zero attached hydrogens (tertiary/aromatic N) is 1. The zero-order chi connectivity index (χ0) is 11.4. The fraction of sp³-hybridized carbons (Fsp3) is 0.250. The molecule has 0 saturated heterocycles. The van der Waals surface area contributed by atoms with Crippen molar-refractivity contribution >= 4 is 22.2 Å². The van der Waals surface area contributed by atoms with Crippen molar-refractivity contribution < 1.29 is 4.74 Å². The number of methoxy groups -OCH3 is 1. The van der Waals surface area contributed by atoms with Crippen LogP contribution in [0.25, 0.3) is 0 Å². The first-order valence-corrected chi connectivity index (χ1v) is 6.05. The summed E-state index contributed by atoms with van der Waals surface area (Å²) in [5.41, 5.74) is 2.15. The van der Waals surface area contributed by atoms with Gasteiger partial charge in [-0.15, -0.1) is 11.3 Å². The minimum atomic E-state index is 0.860. The van der Waals surface area contributed by atoms with Crippen LogP contribution < -0.4 is 10.1 Å². The van der Waals surface area contributed by atoms with Crippen LogP contribution in [0.15, 0.2) is 29.6 Å². The van der Waals surface area contributed by atoms with E-state index in [1.54, 1.807) is 18.4 Å². The summed E-state index contributed by atoms with van der Waals surface area (Å²) in [4.78, 5) is 4.44. The summed E-state index contributed by atoms with van der Waals surface area (Å²) >= 11 is 1.63. The summed E-state index contributed by atoms with van der Waals surface area (Å²) in [7, 11) is 1.66. The van der Waals surface area contributed by atoms with Crippen molar-refractivity contribution in [2.45, 2.75) is 13.3 Å². The van der Waals surface area contributed by atoms with Gasteiger partial charge < -0.3 is 10.1 Å². The molecule has 2 aromatic rings. The number of hydrogen-bond acceptors (Lipinski definition) is 4. The molecule has 16 heavy (non-hydrogen) atoms. The van der Waals surface area contributed by atoms with E-state index < -0.39 is 0 Å². The van der Waals surface area contributed by atoms with Gasteiger partial charge in [0, 0.05) is 11.1 Å². The van der Waals surface area contributed by atoms with Gasteiger partial charge in [0.25, 0.3) is 0 Å². The van der Waals surface area contributed by atoms with E-state index in [2.05, 4.69) is 22.6 Å². The number of hydrogen-bond donors (Lipinski definition) is 1. The molecule has 0 saturated carbocycles. The van der Waals surface area contributed by atoms with Gasteiger partial charge in [0.2, 0.25) is 0 Å². The molecule has 1 N–H and O–H groups in total. The van der Waals surface area contributed by atoms with Crippen molar-refractivity contribution in [1.82, 2.24) is 4.98 Å². The quantitative estimate of drug-likeness (QED) is 0.879. The normalized spacial score (nSPS) is 10.1. The Hall–Kier alpha value is -1.55. The van der Waals surface area contributed by atoms with Gasteiger partial charge in [-0.25, -0.2) is 4.98 Å². The maximum Gasteiger partial charge on any atom is 0.187 e. The van der Waals surface area contributed by atoms with E-state index in [-0.39, 0.29) is 0 Å². The SMILES string of the molecule is CCc1csc(Nc2ccc(OC)cc2)n1. The highest BCUT2D eigenvalue weighted by Gasteiger charge is 2.00. The van der Waals surface area contributed by atoms with Gasteiger partial charge in [-0.2, -0.15) is 0 Å². The number of aryl methyl sites for hydroxylation is 1. The second-order valence-corrected chi connectivity index (χ2v) is 4.21. The van der Waals surface area contributed by atoms with Gasteiger partial charge in [0.05, 0.1) is 12.8 Å². The number of rotatable bonds is 4. The first kappa shape index (κ1) is 11.0. The van der Waals surface area contributed by atoms with Gasteiger partial charge in [0.1, 0.15) is 5.75 Å². The zero-order valence-electron chi connectivity index (χ0n) is 9.36.